The zero-order valence-corrected chi connectivity index (χ0v) is 14.7. The highest BCUT2D eigenvalue weighted by Gasteiger charge is 2.30. The van der Waals surface area contributed by atoms with E-state index in [4.69, 9.17) is 9.57 Å². The average Bonchev–Trinajstić information content (AvgIpc) is 2.64. The smallest absolute Gasteiger partial charge is 0.151 e. The van der Waals surface area contributed by atoms with Crippen LogP contribution in [-0.2, 0) is 4.84 Å². The van der Waals surface area contributed by atoms with E-state index < -0.39 is 0 Å². The van der Waals surface area contributed by atoms with E-state index in [0.29, 0.717) is 0 Å². The van der Waals surface area contributed by atoms with Gasteiger partial charge < -0.3 is 4.74 Å². The third kappa shape index (κ3) is 2.48. The molecule has 3 aromatic carbocycles. The summed E-state index contributed by atoms with van der Waals surface area (Å²) >= 11 is 3.74. The first kappa shape index (κ1) is 15.2. The second-order valence-electron chi connectivity index (χ2n) is 5.60. The van der Waals surface area contributed by atoms with E-state index in [2.05, 4.69) is 45.7 Å². The highest BCUT2D eigenvalue weighted by molar-refractivity contribution is 9.10. The van der Waals surface area contributed by atoms with Gasteiger partial charge in [0.05, 0.1) is 17.3 Å². The first-order chi connectivity index (χ1) is 11.8. The van der Waals surface area contributed by atoms with Crippen LogP contribution in [0, 0.1) is 0 Å². The van der Waals surface area contributed by atoms with Gasteiger partial charge in [-0.25, -0.2) is 0 Å². The van der Waals surface area contributed by atoms with E-state index in [1.54, 1.807) is 7.11 Å². The monoisotopic (exact) mass is 381 g/mol. The largest absolute Gasteiger partial charge is 0.480 e. The van der Waals surface area contributed by atoms with Crippen molar-refractivity contribution >= 4 is 21.6 Å². The lowest BCUT2D eigenvalue weighted by Crippen LogP contribution is -2.16. The number of fused-ring (bicyclic) bond motifs is 3. The lowest BCUT2D eigenvalue weighted by atomic mass is 9.89. The van der Waals surface area contributed by atoms with Crippen molar-refractivity contribution in [3.8, 4) is 16.9 Å². The summed E-state index contributed by atoms with van der Waals surface area (Å²) in [6, 6.07) is 22.5. The van der Waals surface area contributed by atoms with E-state index in [1.165, 1.54) is 5.56 Å². The number of anilines is 1. The second-order valence-corrected chi connectivity index (χ2v) is 6.39. The summed E-state index contributed by atoms with van der Waals surface area (Å²) in [5, 5.41) is 0. The first-order valence-electron chi connectivity index (χ1n) is 7.72. The van der Waals surface area contributed by atoms with E-state index in [9.17, 15) is 0 Å². The average molecular weight is 382 g/mol. The van der Waals surface area contributed by atoms with E-state index >= 15 is 0 Å². The normalized spacial score (nSPS) is 15.2. The number of para-hydroxylation sites is 1. The predicted octanol–water partition coefficient (Wildman–Crippen LogP) is 5.57. The molecule has 1 heterocycles. The fourth-order valence-corrected chi connectivity index (χ4v) is 3.75. The minimum Gasteiger partial charge on any atom is -0.480 e. The summed E-state index contributed by atoms with van der Waals surface area (Å²) in [5.41, 5.74) is 8.28. The molecule has 4 rings (SSSR count). The van der Waals surface area contributed by atoms with E-state index in [0.717, 1.165) is 32.6 Å². The Kier molecular flexibility index (Phi) is 4.00. The third-order valence-electron chi connectivity index (χ3n) is 4.18. The van der Waals surface area contributed by atoms with Crippen molar-refractivity contribution in [2.24, 2.45) is 0 Å². The molecule has 1 aliphatic heterocycles. The molecule has 0 spiro atoms. The molecule has 1 unspecified atom stereocenters. The van der Waals surface area contributed by atoms with Crippen molar-refractivity contribution in [2.75, 3.05) is 12.6 Å². The lowest BCUT2D eigenvalue weighted by Gasteiger charge is -2.30. The summed E-state index contributed by atoms with van der Waals surface area (Å²) in [6.45, 7) is 0. The molecule has 24 heavy (non-hydrogen) atoms. The van der Waals surface area contributed by atoms with Crippen molar-refractivity contribution in [1.29, 1.82) is 0 Å². The molecule has 0 aromatic heterocycles. The molecule has 0 bridgehead atoms. The Morgan fingerprint density at radius 1 is 0.917 bits per heavy atom. The van der Waals surface area contributed by atoms with Gasteiger partial charge in [0.2, 0.25) is 0 Å². The van der Waals surface area contributed by atoms with Crippen LogP contribution < -0.4 is 10.2 Å². The topological polar surface area (TPSA) is 30.5 Å². The minimum atomic E-state index is -0.177. The van der Waals surface area contributed by atoms with Crippen molar-refractivity contribution in [3.05, 3.63) is 82.3 Å². The molecule has 120 valence electrons. The highest BCUT2D eigenvalue weighted by Crippen LogP contribution is 2.49. The molecular formula is C20H16BrNO2. The molecule has 0 radical (unpaired) electrons. The number of halogens is 1. The predicted molar refractivity (Wildman–Crippen MR) is 99.1 cm³/mol. The van der Waals surface area contributed by atoms with Crippen molar-refractivity contribution in [1.82, 2.24) is 0 Å². The number of benzene rings is 3. The maximum atomic E-state index is 6.36. The van der Waals surface area contributed by atoms with Gasteiger partial charge in [-0.1, -0.05) is 54.6 Å². The fraction of sp³-hybridized carbons (Fsp3) is 0.100. The zero-order chi connectivity index (χ0) is 16.5. The first-order valence-corrected chi connectivity index (χ1v) is 8.51. The van der Waals surface area contributed by atoms with Crippen LogP contribution in [0.3, 0.4) is 0 Å². The number of hydrogen-bond acceptors (Lipinski definition) is 3. The van der Waals surface area contributed by atoms with Gasteiger partial charge in [0, 0.05) is 11.1 Å². The van der Waals surface area contributed by atoms with Gasteiger partial charge in [0.25, 0.3) is 0 Å². The fourth-order valence-electron chi connectivity index (χ4n) is 3.11. The minimum absolute atomic E-state index is 0.177. The molecule has 1 N–H and O–H groups in total. The molecule has 3 aromatic rings. The van der Waals surface area contributed by atoms with Crippen LogP contribution in [0.5, 0.6) is 5.75 Å². The van der Waals surface area contributed by atoms with Crippen LogP contribution in [0.25, 0.3) is 11.1 Å². The Labute approximate surface area is 149 Å². The number of ether oxygens (including phenoxy) is 1. The number of hydrogen-bond donors (Lipinski definition) is 1. The number of nitrogens with one attached hydrogen (secondary N) is 1. The summed E-state index contributed by atoms with van der Waals surface area (Å²) in [6.07, 6.45) is -0.177. The van der Waals surface area contributed by atoms with Crippen LogP contribution in [0.1, 0.15) is 17.2 Å². The van der Waals surface area contributed by atoms with Gasteiger partial charge in [0.15, 0.2) is 6.10 Å². The van der Waals surface area contributed by atoms with Crippen LogP contribution >= 0.6 is 15.9 Å². The highest BCUT2D eigenvalue weighted by atomic mass is 79.9. The lowest BCUT2D eigenvalue weighted by molar-refractivity contribution is 0.242. The molecule has 1 atom stereocenters. The maximum absolute atomic E-state index is 6.36. The van der Waals surface area contributed by atoms with Crippen LogP contribution in [0.2, 0.25) is 0 Å². The number of rotatable bonds is 3. The van der Waals surface area contributed by atoms with Crippen molar-refractivity contribution in [2.45, 2.75) is 6.10 Å². The van der Waals surface area contributed by atoms with Gasteiger partial charge in [-0.05, 0) is 39.2 Å². The van der Waals surface area contributed by atoms with Gasteiger partial charge in [-0.15, -0.1) is 0 Å². The summed E-state index contributed by atoms with van der Waals surface area (Å²) in [7, 11) is 1.60. The van der Waals surface area contributed by atoms with Gasteiger partial charge >= 0.3 is 0 Å². The summed E-state index contributed by atoms with van der Waals surface area (Å²) in [4.78, 5) is 5.09. The maximum Gasteiger partial charge on any atom is 0.151 e. The second kappa shape index (κ2) is 6.30. The molecule has 4 heteroatoms. The third-order valence-corrected chi connectivity index (χ3v) is 5.03. The molecule has 0 fully saturated rings. The zero-order valence-electron chi connectivity index (χ0n) is 13.1. The molecular weight excluding hydrogens is 366 g/mol. The molecule has 3 nitrogen and oxygen atoms in total. The van der Waals surface area contributed by atoms with Crippen molar-refractivity contribution < 1.29 is 9.57 Å². The van der Waals surface area contributed by atoms with E-state index in [1.807, 2.05) is 42.5 Å². The molecule has 0 aliphatic carbocycles. The Morgan fingerprint density at radius 3 is 2.46 bits per heavy atom. The standard InChI is InChI=1S/C20H16BrNO2/c1-23-22-16-12-11-15-14-9-5-6-10-17(14)24-20(18(15)19(16)21)13-7-3-2-4-8-13/h2-12,20,22H,1H3. The van der Waals surface area contributed by atoms with Crippen LogP contribution in [0.4, 0.5) is 5.69 Å². The van der Waals surface area contributed by atoms with Crippen LogP contribution in [0.15, 0.2) is 71.2 Å². The Hall–Kier alpha value is -2.30. The SMILES string of the molecule is CONc1ccc2c(c1Br)C(c1ccccc1)Oc1ccccc1-2. The van der Waals surface area contributed by atoms with Gasteiger partial charge in [0.1, 0.15) is 5.75 Å². The van der Waals surface area contributed by atoms with E-state index in [-0.39, 0.29) is 6.10 Å². The van der Waals surface area contributed by atoms with Gasteiger partial charge in [-0.3, -0.25) is 10.3 Å². The van der Waals surface area contributed by atoms with Crippen molar-refractivity contribution in [3.63, 3.8) is 0 Å². The molecule has 0 saturated heterocycles. The Morgan fingerprint density at radius 2 is 1.67 bits per heavy atom. The Bertz CT molecular complexity index is 880. The summed E-state index contributed by atoms with van der Waals surface area (Å²) < 4.78 is 7.31. The quantitative estimate of drug-likeness (QED) is 0.601. The molecule has 1 aliphatic rings. The Balaban J connectivity index is 1.96. The van der Waals surface area contributed by atoms with Crippen LogP contribution in [-0.4, -0.2) is 7.11 Å². The summed E-state index contributed by atoms with van der Waals surface area (Å²) in [5.74, 6) is 0.901. The molecule has 0 saturated carbocycles. The van der Waals surface area contributed by atoms with Gasteiger partial charge in [-0.2, -0.15) is 0 Å². The molecule has 0 amide bonds.